The van der Waals surface area contributed by atoms with E-state index in [0.717, 1.165) is 23.6 Å². The van der Waals surface area contributed by atoms with Crippen molar-refractivity contribution in [2.75, 3.05) is 5.32 Å². The zero-order valence-electron chi connectivity index (χ0n) is 17.3. The van der Waals surface area contributed by atoms with Crippen LogP contribution in [0.2, 0.25) is 0 Å². The van der Waals surface area contributed by atoms with Crippen LogP contribution in [-0.4, -0.2) is 22.1 Å². The first-order valence-corrected chi connectivity index (χ1v) is 12.4. The zero-order chi connectivity index (χ0) is 23.1. The SMILES string of the molecule is CCC(CC)C(=O)Nc1nnc(SCc2cc(=O)c(OC(=O)c3ccc(Br)cc3)co2)s1. The molecule has 0 aliphatic heterocycles. The molecule has 2 aromatic heterocycles. The van der Waals surface area contributed by atoms with Gasteiger partial charge in [-0.05, 0) is 37.1 Å². The van der Waals surface area contributed by atoms with Crippen molar-refractivity contribution in [2.45, 2.75) is 36.8 Å². The molecule has 3 rings (SSSR count). The Labute approximate surface area is 200 Å². The third-order valence-corrected chi connectivity index (χ3v) is 6.99. The summed E-state index contributed by atoms with van der Waals surface area (Å²) in [6.45, 7) is 3.94. The number of nitrogens with one attached hydrogen (secondary N) is 1. The van der Waals surface area contributed by atoms with Gasteiger partial charge in [0.1, 0.15) is 12.0 Å². The van der Waals surface area contributed by atoms with Gasteiger partial charge in [0.2, 0.25) is 22.2 Å². The number of anilines is 1. The van der Waals surface area contributed by atoms with Crippen LogP contribution in [0.3, 0.4) is 0 Å². The molecule has 1 amide bonds. The van der Waals surface area contributed by atoms with E-state index < -0.39 is 11.4 Å². The second kappa shape index (κ2) is 11.4. The molecule has 0 bridgehead atoms. The van der Waals surface area contributed by atoms with Crippen LogP contribution in [0, 0.1) is 5.92 Å². The van der Waals surface area contributed by atoms with Crippen LogP contribution in [0.25, 0.3) is 0 Å². The highest BCUT2D eigenvalue weighted by molar-refractivity contribution is 9.10. The summed E-state index contributed by atoms with van der Waals surface area (Å²) in [4.78, 5) is 36.6. The van der Waals surface area contributed by atoms with Crippen molar-refractivity contribution in [1.29, 1.82) is 0 Å². The topological polar surface area (TPSA) is 111 Å². The molecule has 0 atom stereocenters. The number of halogens is 1. The van der Waals surface area contributed by atoms with Crippen LogP contribution in [-0.2, 0) is 10.5 Å². The lowest BCUT2D eigenvalue weighted by atomic mass is 10.0. The molecular formula is C21H20BrN3O5S2. The second-order valence-corrected chi connectivity index (χ2v) is 9.75. The Hall–Kier alpha value is -2.50. The predicted octanol–water partition coefficient (Wildman–Crippen LogP) is 5.14. The minimum Gasteiger partial charge on any atom is -0.464 e. The van der Waals surface area contributed by atoms with E-state index in [0.29, 0.717) is 26.5 Å². The lowest BCUT2D eigenvalue weighted by Gasteiger charge is -2.09. The van der Waals surface area contributed by atoms with E-state index in [9.17, 15) is 14.4 Å². The van der Waals surface area contributed by atoms with Gasteiger partial charge >= 0.3 is 5.97 Å². The van der Waals surface area contributed by atoms with E-state index in [2.05, 4.69) is 31.4 Å². The van der Waals surface area contributed by atoms with E-state index in [1.165, 1.54) is 29.2 Å². The number of aromatic nitrogens is 2. The van der Waals surface area contributed by atoms with Gasteiger partial charge in [0, 0.05) is 16.5 Å². The summed E-state index contributed by atoms with van der Waals surface area (Å²) >= 11 is 5.86. The van der Waals surface area contributed by atoms with Crippen LogP contribution in [0.5, 0.6) is 5.75 Å². The molecule has 3 aromatic rings. The maximum atomic E-state index is 12.3. The van der Waals surface area contributed by atoms with E-state index in [1.807, 2.05) is 13.8 Å². The molecule has 0 radical (unpaired) electrons. The van der Waals surface area contributed by atoms with Gasteiger partial charge in [-0.2, -0.15) is 0 Å². The Kier molecular flexibility index (Phi) is 8.60. The van der Waals surface area contributed by atoms with Crippen molar-refractivity contribution >= 4 is 56.0 Å². The molecule has 1 aromatic carbocycles. The number of hydrogen-bond acceptors (Lipinski definition) is 9. The van der Waals surface area contributed by atoms with Crippen molar-refractivity contribution in [2.24, 2.45) is 5.92 Å². The van der Waals surface area contributed by atoms with Gasteiger partial charge in [0.15, 0.2) is 4.34 Å². The Bertz CT molecular complexity index is 1140. The first kappa shape index (κ1) is 24.1. The minimum absolute atomic E-state index is 0.0549. The highest BCUT2D eigenvalue weighted by Gasteiger charge is 2.17. The summed E-state index contributed by atoms with van der Waals surface area (Å²) in [6.07, 6.45) is 2.64. The Morgan fingerprint density at radius 2 is 1.94 bits per heavy atom. The lowest BCUT2D eigenvalue weighted by Crippen LogP contribution is -2.21. The van der Waals surface area contributed by atoms with Crippen LogP contribution in [0.1, 0.15) is 42.8 Å². The van der Waals surface area contributed by atoms with Crippen LogP contribution in [0.15, 0.2) is 54.6 Å². The smallest absolute Gasteiger partial charge is 0.343 e. The van der Waals surface area contributed by atoms with Crippen molar-refractivity contribution in [3.05, 3.63) is 62.6 Å². The van der Waals surface area contributed by atoms with Crippen LogP contribution >= 0.6 is 39.0 Å². The second-order valence-electron chi connectivity index (χ2n) is 6.64. The standard InChI is InChI=1S/C21H20BrN3O5S2/c1-3-12(4-2)18(27)23-20-24-25-21(32-20)31-11-15-9-16(26)17(10-29-15)30-19(28)13-5-7-14(22)8-6-13/h5-10,12H,3-4,11H2,1-2H3,(H,23,24,27). The summed E-state index contributed by atoms with van der Waals surface area (Å²) < 4.78 is 12.0. The molecule has 0 saturated carbocycles. The molecular weight excluding hydrogens is 518 g/mol. The molecule has 0 aliphatic rings. The van der Waals surface area contributed by atoms with E-state index in [4.69, 9.17) is 9.15 Å². The predicted molar refractivity (Wildman–Crippen MR) is 126 cm³/mol. The fraction of sp³-hybridized carbons (Fsp3) is 0.286. The highest BCUT2D eigenvalue weighted by Crippen LogP contribution is 2.29. The number of rotatable bonds is 9. The third-order valence-electron chi connectivity index (χ3n) is 4.47. The molecule has 2 heterocycles. The molecule has 168 valence electrons. The lowest BCUT2D eigenvalue weighted by molar-refractivity contribution is -0.120. The number of benzene rings is 1. The Morgan fingerprint density at radius 3 is 2.59 bits per heavy atom. The summed E-state index contributed by atoms with van der Waals surface area (Å²) in [5.41, 5.74) is -0.150. The largest absolute Gasteiger partial charge is 0.464 e. The highest BCUT2D eigenvalue weighted by atomic mass is 79.9. The number of carbonyl (C=O) groups excluding carboxylic acids is 2. The van der Waals surface area contributed by atoms with E-state index in [-0.39, 0.29) is 17.6 Å². The molecule has 1 N–H and O–H groups in total. The molecule has 0 aliphatic carbocycles. The van der Waals surface area contributed by atoms with Crippen molar-refractivity contribution in [3.8, 4) is 5.75 Å². The number of nitrogens with zero attached hydrogens (tertiary/aromatic N) is 2. The summed E-state index contributed by atoms with van der Waals surface area (Å²) in [6, 6.07) is 7.85. The molecule has 0 unspecified atom stereocenters. The fourth-order valence-corrected chi connectivity index (χ4v) is 4.56. The summed E-state index contributed by atoms with van der Waals surface area (Å²) in [5.74, 6) is -0.243. The maximum absolute atomic E-state index is 12.3. The molecule has 0 fully saturated rings. The molecule has 8 nitrogen and oxygen atoms in total. The summed E-state index contributed by atoms with van der Waals surface area (Å²) in [5, 5.41) is 11.2. The molecule has 11 heteroatoms. The van der Waals surface area contributed by atoms with Gasteiger partial charge < -0.3 is 14.5 Å². The number of hydrogen-bond donors (Lipinski definition) is 1. The Morgan fingerprint density at radius 1 is 1.22 bits per heavy atom. The molecule has 0 spiro atoms. The van der Waals surface area contributed by atoms with Crippen molar-refractivity contribution < 1.29 is 18.7 Å². The number of ether oxygens (including phenoxy) is 1. The monoisotopic (exact) mass is 537 g/mol. The number of esters is 1. The average Bonchev–Trinajstić information content (AvgIpc) is 3.22. The summed E-state index contributed by atoms with van der Waals surface area (Å²) in [7, 11) is 0. The van der Waals surface area contributed by atoms with Crippen molar-refractivity contribution in [1.82, 2.24) is 10.2 Å². The van der Waals surface area contributed by atoms with E-state index in [1.54, 1.807) is 24.3 Å². The number of thioether (sulfide) groups is 1. The first-order chi connectivity index (χ1) is 15.4. The van der Waals surface area contributed by atoms with Gasteiger partial charge in [0.25, 0.3) is 0 Å². The van der Waals surface area contributed by atoms with E-state index >= 15 is 0 Å². The van der Waals surface area contributed by atoms with Crippen LogP contribution < -0.4 is 15.5 Å². The van der Waals surface area contributed by atoms with Gasteiger partial charge in [-0.25, -0.2) is 4.79 Å². The fourth-order valence-electron chi connectivity index (χ4n) is 2.65. The number of carbonyl (C=O) groups is 2. The molecule has 32 heavy (non-hydrogen) atoms. The van der Waals surface area contributed by atoms with Gasteiger partial charge in [-0.3, -0.25) is 9.59 Å². The average molecular weight is 538 g/mol. The minimum atomic E-state index is -0.649. The van der Waals surface area contributed by atoms with Crippen LogP contribution in [0.4, 0.5) is 5.13 Å². The Balaban J connectivity index is 1.56. The molecule has 0 saturated heterocycles. The quantitative estimate of drug-likeness (QED) is 0.227. The maximum Gasteiger partial charge on any atom is 0.343 e. The normalized spacial score (nSPS) is 10.9. The van der Waals surface area contributed by atoms with Gasteiger partial charge in [-0.15, -0.1) is 10.2 Å². The van der Waals surface area contributed by atoms with Crippen molar-refractivity contribution in [3.63, 3.8) is 0 Å². The first-order valence-electron chi connectivity index (χ1n) is 9.76. The van der Waals surface area contributed by atoms with Gasteiger partial charge in [-0.1, -0.05) is 52.9 Å². The third kappa shape index (κ3) is 6.50. The number of amides is 1. The zero-order valence-corrected chi connectivity index (χ0v) is 20.5. The van der Waals surface area contributed by atoms with Gasteiger partial charge in [0.05, 0.1) is 11.3 Å².